The Morgan fingerprint density at radius 1 is 1.24 bits per heavy atom. The van der Waals surface area contributed by atoms with Gasteiger partial charge in [-0.05, 0) is 25.3 Å². The van der Waals surface area contributed by atoms with Gasteiger partial charge >= 0.3 is 11.8 Å². The first-order valence-corrected chi connectivity index (χ1v) is 9.41. The number of hydrogen-bond acceptors (Lipinski definition) is 6. The standard InChI is InChI=1S/C20H22N6O3/c1-12-21-14-9-10-15(20(28)26(3)19(14)25(12)2)22-17(27)18-24-23-16(29-18)11-13-7-5-4-6-8-13/h4-8,15H,9-11H2,1-3H3,(H,22,27)/t15-/m0/s1. The van der Waals surface area contributed by atoms with Crippen LogP contribution in [-0.2, 0) is 24.7 Å². The second kappa shape index (κ2) is 7.50. The molecule has 1 N–H and O–H groups in total. The number of carbonyl (C=O) groups is 2. The first-order valence-electron chi connectivity index (χ1n) is 9.41. The molecule has 0 fully saturated rings. The molecular formula is C20H22N6O3. The van der Waals surface area contributed by atoms with E-state index >= 15 is 0 Å². The minimum Gasteiger partial charge on any atom is -0.417 e. The lowest BCUT2D eigenvalue weighted by Gasteiger charge is -2.21. The number of rotatable bonds is 4. The molecule has 1 aliphatic rings. The molecule has 3 aromatic rings. The monoisotopic (exact) mass is 394 g/mol. The zero-order chi connectivity index (χ0) is 20.5. The van der Waals surface area contributed by atoms with Crippen LogP contribution in [0.15, 0.2) is 34.7 Å². The SMILES string of the molecule is Cc1nc2c(n1C)N(C)C(=O)[C@@H](NC(=O)c1nnc(Cc3ccccc3)o1)CC2. The lowest BCUT2D eigenvalue weighted by Crippen LogP contribution is -2.47. The molecule has 2 amide bonds. The van der Waals surface area contributed by atoms with Crippen molar-refractivity contribution < 1.29 is 14.0 Å². The van der Waals surface area contributed by atoms with Crippen LogP contribution in [-0.4, -0.2) is 44.7 Å². The molecule has 0 saturated heterocycles. The van der Waals surface area contributed by atoms with E-state index in [1.165, 1.54) is 0 Å². The topological polar surface area (TPSA) is 106 Å². The van der Waals surface area contributed by atoms with Crippen LogP contribution in [0, 0.1) is 6.92 Å². The molecule has 0 bridgehead atoms. The van der Waals surface area contributed by atoms with Crippen molar-refractivity contribution >= 4 is 17.6 Å². The summed E-state index contributed by atoms with van der Waals surface area (Å²) in [6.07, 6.45) is 1.47. The number of aromatic nitrogens is 4. The first-order chi connectivity index (χ1) is 13.9. The Balaban J connectivity index is 1.45. The quantitative estimate of drug-likeness (QED) is 0.717. The fourth-order valence-electron chi connectivity index (χ4n) is 3.54. The third kappa shape index (κ3) is 3.63. The van der Waals surface area contributed by atoms with Gasteiger partial charge in [-0.1, -0.05) is 30.3 Å². The van der Waals surface area contributed by atoms with Gasteiger partial charge in [-0.25, -0.2) is 4.98 Å². The number of likely N-dealkylation sites (N-methyl/N-ethyl adjacent to an activating group) is 1. The highest BCUT2D eigenvalue weighted by Gasteiger charge is 2.33. The lowest BCUT2D eigenvalue weighted by atomic mass is 10.1. The molecule has 0 aliphatic carbocycles. The average Bonchev–Trinajstić information content (AvgIpc) is 3.26. The van der Waals surface area contributed by atoms with Crippen molar-refractivity contribution in [1.82, 2.24) is 25.1 Å². The highest BCUT2D eigenvalue weighted by atomic mass is 16.4. The number of nitrogens with zero attached hydrogens (tertiary/aromatic N) is 5. The molecule has 1 aromatic carbocycles. The Kier molecular flexibility index (Phi) is 4.87. The van der Waals surface area contributed by atoms with Crippen molar-refractivity contribution in [2.45, 2.75) is 32.2 Å². The van der Waals surface area contributed by atoms with Gasteiger partial charge < -0.3 is 14.3 Å². The number of fused-ring (bicyclic) bond motifs is 1. The Hall–Kier alpha value is -3.49. The van der Waals surface area contributed by atoms with Gasteiger partial charge in [-0.2, -0.15) is 0 Å². The summed E-state index contributed by atoms with van der Waals surface area (Å²) in [5.74, 6) is 1.03. The number of aryl methyl sites for hydroxylation is 2. The molecule has 9 nitrogen and oxygen atoms in total. The zero-order valence-electron chi connectivity index (χ0n) is 16.5. The van der Waals surface area contributed by atoms with Crippen molar-refractivity contribution in [3.63, 3.8) is 0 Å². The first kappa shape index (κ1) is 18.9. The molecule has 150 valence electrons. The van der Waals surface area contributed by atoms with Crippen LogP contribution in [0.1, 0.15) is 40.1 Å². The smallest absolute Gasteiger partial charge is 0.309 e. The van der Waals surface area contributed by atoms with Crippen LogP contribution in [0.2, 0.25) is 0 Å². The fourth-order valence-corrected chi connectivity index (χ4v) is 3.54. The number of hydrogen-bond donors (Lipinski definition) is 1. The number of nitrogens with one attached hydrogen (secondary N) is 1. The summed E-state index contributed by atoms with van der Waals surface area (Å²) >= 11 is 0. The van der Waals surface area contributed by atoms with Gasteiger partial charge in [0.25, 0.3) is 0 Å². The summed E-state index contributed by atoms with van der Waals surface area (Å²) < 4.78 is 7.37. The molecule has 0 saturated carbocycles. The summed E-state index contributed by atoms with van der Waals surface area (Å²) in [5.41, 5.74) is 1.85. The van der Waals surface area contributed by atoms with Crippen LogP contribution in [0.4, 0.5) is 5.82 Å². The van der Waals surface area contributed by atoms with Crippen molar-refractivity contribution in [2.75, 3.05) is 11.9 Å². The third-order valence-corrected chi connectivity index (χ3v) is 5.14. The van der Waals surface area contributed by atoms with Gasteiger partial charge in [0.2, 0.25) is 11.8 Å². The van der Waals surface area contributed by atoms with E-state index in [0.717, 1.165) is 22.9 Å². The summed E-state index contributed by atoms with van der Waals surface area (Å²) in [4.78, 5) is 31.5. The van der Waals surface area contributed by atoms with Crippen LogP contribution in [0.25, 0.3) is 0 Å². The largest absolute Gasteiger partial charge is 0.417 e. The Bertz CT molecular complexity index is 1060. The van der Waals surface area contributed by atoms with Crippen molar-refractivity contribution in [3.05, 3.63) is 59.2 Å². The number of amides is 2. The van der Waals surface area contributed by atoms with Gasteiger partial charge in [-0.15, -0.1) is 10.2 Å². The normalized spacial score (nSPS) is 16.4. The number of benzene rings is 1. The van der Waals surface area contributed by atoms with Crippen LogP contribution in [0.3, 0.4) is 0 Å². The highest BCUT2D eigenvalue weighted by molar-refractivity contribution is 6.01. The molecule has 0 spiro atoms. The summed E-state index contributed by atoms with van der Waals surface area (Å²) in [6.45, 7) is 1.90. The predicted molar refractivity (Wildman–Crippen MR) is 104 cm³/mol. The van der Waals surface area contributed by atoms with Crippen LogP contribution >= 0.6 is 0 Å². The van der Waals surface area contributed by atoms with E-state index in [1.807, 2.05) is 48.9 Å². The molecular weight excluding hydrogens is 372 g/mol. The van der Waals surface area contributed by atoms with Crippen molar-refractivity contribution in [1.29, 1.82) is 0 Å². The maximum atomic E-state index is 12.9. The molecule has 9 heteroatoms. The van der Waals surface area contributed by atoms with Crippen LogP contribution in [0.5, 0.6) is 0 Å². The third-order valence-electron chi connectivity index (χ3n) is 5.14. The molecule has 0 unspecified atom stereocenters. The molecule has 1 aliphatic heterocycles. The van der Waals surface area contributed by atoms with Crippen molar-refractivity contribution in [2.24, 2.45) is 7.05 Å². The van der Waals surface area contributed by atoms with E-state index < -0.39 is 11.9 Å². The predicted octanol–water partition coefficient (Wildman–Crippen LogP) is 1.41. The summed E-state index contributed by atoms with van der Waals surface area (Å²) in [7, 11) is 3.56. The Labute approximate surface area is 167 Å². The van der Waals surface area contributed by atoms with E-state index in [0.29, 0.717) is 25.2 Å². The van der Waals surface area contributed by atoms with E-state index in [-0.39, 0.29) is 11.8 Å². The zero-order valence-corrected chi connectivity index (χ0v) is 16.5. The maximum absolute atomic E-state index is 12.9. The molecule has 29 heavy (non-hydrogen) atoms. The van der Waals surface area contributed by atoms with E-state index in [9.17, 15) is 9.59 Å². The van der Waals surface area contributed by atoms with E-state index in [2.05, 4.69) is 20.5 Å². The van der Waals surface area contributed by atoms with Gasteiger partial charge in [0.15, 0.2) is 0 Å². The van der Waals surface area contributed by atoms with Crippen molar-refractivity contribution in [3.8, 4) is 0 Å². The molecule has 1 atom stereocenters. The number of carbonyl (C=O) groups excluding carboxylic acids is 2. The van der Waals surface area contributed by atoms with Gasteiger partial charge in [-0.3, -0.25) is 14.5 Å². The number of anilines is 1. The molecule has 0 radical (unpaired) electrons. The average molecular weight is 394 g/mol. The minimum absolute atomic E-state index is 0.151. The second-order valence-corrected chi connectivity index (χ2v) is 7.11. The fraction of sp³-hybridized carbons (Fsp3) is 0.350. The highest BCUT2D eigenvalue weighted by Crippen LogP contribution is 2.26. The maximum Gasteiger partial charge on any atom is 0.309 e. The number of imidazole rings is 1. The van der Waals surface area contributed by atoms with E-state index in [1.54, 1.807) is 11.9 Å². The summed E-state index contributed by atoms with van der Waals surface area (Å²) in [5, 5.41) is 10.5. The lowest BCUT2D eigenvalue weighted by molar-refractivity contribution is -0.120. The molecule has 4 rings (SSSR count). The Morgan fingerprint density at radius 2 is 2.00 bits per heavy atom. The second-order valence-electron chi connectivity index (χ2n) is 7.11. The Morgan fingerprint density at radius 3 is 2.76 bits per heavy atom. The van der Waals surface area contributed by atoms with Gasteiger partial charge in [0.1, 0.15) is 17.7 Å². The van der Waals surface area contributed by atoms with E-state index in [4.69, 9.17) is 4.42 Å². The van der Waals surface area contributed by atoms with Gasteiger partial charge in [0, 0.05) is 14.1 Å². The summed E-state index contributed by atoms with van der Waals surface area (Å²) in [6, 6.07) is 8.95. The molecule has 3 heterocycles. The van der Waals surface area contributed by atoms with Gasteiger partial charge in [0.05, 0.1) is 12.1 Å². The minimum atomic E-state index is -0.688. The van der Waals surface area contributed by atoms with Crippen LogP contribution < -0.4 is 10.2 Å². The molecule has 2 aromatic heterocycles.